The van der Waals surface area contributed by atoms with E-state index in [4.69, 9.17) is 19.4 Å². The van der Waals surface area contributed by atoms with Gasteiger partial charge in [-0.05, 0) is 73.8 Å². The van der Waals surface area contributed by atoms with Gasteiger partial charge in [0.05, 0.1) is 0 Å². The Morgan fingerprint density at radius 1 is 0.306 bits per heavy atom. The van der Waals surface area contributed by atoms with E-state index in [1.165, 1.54) is 37.9 Å². The number of para-hydroxylation sites is 1. The minimum atomic E-state index is 0.618. The Morgan fingerprint density at radius 3 is 1.67 bits per heavy atom. The first-order valence-corrected chi connectivity index (χ1v) is 16.4. The summed E-state index contributed by atoms with van der Waals surface area (Å²) in [5.41, 5.74) is 6.85. The highest BCUT2D eigenvalue weighted by Gasteiger charge is 2.16. The predicted octanol–water partition coefficient (Wildman–Crippen LogP) is 11.9. The normalized spacial score (nSPS) is 11.7. The Morgan fingerprint density at radius 2 is 0.878 bits per heavy atom. The van der Waals surface area contributed by atoms with E-state index >= 15 is 0 Å². The van der Waals surface area contributed by atoms with Crippen LogP contribution in [0.3, 0.4) is 0 Å². The van der Waals surface area contributed by atoms with Crippen molar-refractivity contribution < 1.29 is 4.42 Å². The fraction of sp³-hybridized carbons (Fsp3) is 0. The van der Waals surface area contributed by atoms with Crippen LogP contribution in [0.1, 0.15) is 0 Å². The summed E-state index contributed by atoms with van der Waals surface area (Å²) in [4.78, 5) is 15.0. The smallest absolute Gasteiger partial charge is 0.164 e. The molecule has 49 heavy (non-hydrogen) atoms. The summed E-state index contributed by atoms with van der Waals surface area (Å²) in [6.07, 6.45) is 0. The third kappa shape index (κ3) is 4.57. The number of benzene rings is 8. The van der Waals surface area contributed by atoms with Crippen molar-refractivity contribution in [2.75, 3.05) is 0 Å². The van der Waals surface area contributed by atoms with E-state index in [1.54, 1.807) is 0 Å². The minimum Gasteiger partial charge on any atom is -0.456 e. The molecule has 0 N–H and O–H groups in total. The summed E-state index contributed by atoms with van der Waals surface area (Å²) >= 11 is 0. The summed E-state index contributed by atoms with van der Waals surface area (Å²) in [5, 5.41) is 9.56. The van der Waals surface area contributed by atoms with Gasteiger partial charge in [-0.15, -0.1) is 0 Å². The molecule has 0 fully saturated rings. The lowest BCUT2D eigenvalue weighted by atomic mass is 9.89. The van der Waals surface area contributed by atoms with Gasteiger partial charge in [-0.2, -0.15) is 0 Å². The summed E-state index contributed by atoms with van der Waals surface area (Å²) in [6.45, 7) is 0. The summed E-state index contributed by atoms with van der Waals surface area (Å²) in [5.74, 6) is 1.88. The predicted molar refractivity (Wildman–Crippen MR) is 201 cm³/mol. The van der Waals surface area contributed by atoms with Crippen molar-refractivity contribution in [1.29, 1.82) is 0 Å². The van der Waals surface area contributed by atoms with Gasteiger partial charge in [0.1, 0.15) is 11.2 Å². The third-order valence-electron chi connectivity index (χ3n) is 9.50. The zero-order chi connectivity index (χ0) is 32.3. The van der Waals surface area contributed by atoms with Crippen LogP contribution in [-0.4, -0.2) is 15.0 Å². The molecular weight excluding hydrogens is 599 g/mol. The summed E-state index contributed by atoms with van der Waals surface area (Å²) in [7, 11) is 0. The van der Waals surface area contributed by atoms with E-state index in [1.807, 2.05) is 60.7 Å². The summed E-state index contributed by atoms with van der Waals surface area (Å²) < 4.78 is 6.10. The van der Waals surface area contributed by atoms with Crippen molar-refractivity contribution in [3.63, 3.8) is 0 Å². The number of nitrogens with zero attached hydrogens (tertiary/aromatic N) is 3. The number of rotatable bonds is 4. The molecule has 0 aliphatic rings. The van der Waals surface area contributed by atoms with Crippen molar-refractivity contribution >= 4 is 54.3 Å². The van der Waals surface area contributed by atoms with Crippen LogP contribution in [0.15, 0.2) is 168 Å². The number of fused-ring (bicyclic) bond motifs is 7. The molecule has 228 valence electrons. The van der Waals surface area contributed by atoms with E-state index in [0.717, 1.165) is 44.2 Å². The van der Waals surface area contributed by atoms with Crippen LogP contribution in [0.5, 0.6) is 0 Å². The Labute approximate surface area is 282 Å². The van der Waals surface area contributed by atoms with Crippen molar-refractivity contribution in [3.05, 3.63) is 164 Å². The molecule has 0 aliphatic heterocycles. The molecule has 4 nitrogen and oxygen atoms in total. The van der Waals surface area contributed by atoms with Crippen LogP contribution in [0.2, 0.25) is 0 Å². The van der Waals surface area contributed by atoms with Gasteiger partial charge >= 0.3 is 0 Å². The second kappa shape index (κ2) is 11.0. The van der Waals surface area contributed by atoms with Gasteiger partial charge in [-0.1, -0.05) is 133 Å². The van der Waals surface area contributed by atoms with E-state index in [-0.39, 0.29) is 0 Å². The molecule has 0 aliphatic carbocycles. The fourth-order valence-electron chi connectivity index (χ4n) is 7.13. The van der Waals surface area contributed by atoms with E-state index in [0.29, 0.717) is 17.5 Å². The Bertz CT molecular complexity index is 2870. The lowest BCUT2D eigenvalue weighted by molar-refractivity contribution is 0.669. The molecule has 10 rings (SSSR count). The molecule has 0 spiro atoms. The maximum Gasteiger partial charge on any atom is 0.164 e. The van der Waals surface area contributed by atoms with Crippen molar-refractivity contribution in [2.45, 2.75) is 0 Å². The lowest BCUT2D eigenvalue weighted by Crippen LogP contribution is -2.00. The van der Waals surface area contributed by atoms with Crippen LogP contribution in [0, 0.1) is 0 Å². The molecule has 0 unspecified atom stereocenters. The molecule has 0 saturated heterocycles. The SMILES string of the molecule is c1ccc(-c2nc(-c3ccc(-c4c5ccccc5cc5c4ccc4ccccc45)cc3)nc(-c3ccc4oc5ccccc5c4c3)n2)cc1. The van der Waals surface area contributed by atoms with Gasteiger partial charge in [0.25, 0.3) is 0 Å². The van der Waals surface area contributed by atoms with Gasteiger partial charge in [0.15, 0.2) is 17.5 Å². The molecule has 0 amide bonds. The van der Waals surface area contributed by atoms with Gasteiger partial charge in [-0.25, -0.2) is 15.0 Å². The fourth-order valence-corrected chi connectivity index (χ4v) is 7.13. The molecule has 8 aromatic carbocycles. The molecule has 0 atom stereocenters. The Hall–Kier alpha value is -6.65. The summed E-state index contributed by atoms with van der Waals surface area (Å²) in [6, 6.07) is 57.1. The lowest BCUT2D eigenvalue weighted by Gasteiger charge is -2.14. The Kier molecular flexibility index (Phi) is 6.15. The highest BCUT2D eigenvalue weighted by molar-refractivity contribution is 6.20. The topological polar surface area (TPSA) is 51.8 Å². The van der Waals surface area contributed by atoms with Crippen molar-refractivity contribution in [2.24, 2.45) is 0 Å². The maximum absolute atomic E-state index is 6.10. The number of hydrogen-bond acceptors (Lipinski definition) is 4. The van der Waals surface area contributed by atoms with Crippen LogP contribution < -0.4 is 0 Å². The van der Waals surface area contributed by atoms with E-state index in [2.05, 4.69) is 103 Å². The zero-order valence-electron chi connectivity index (χ0n) is 26.3. The quantitative estimate of drug-likeness (QED) is 0.144. The van der Waals surface area contributed by atoms with Gasteiger partial charge in [0, 0.05) is 27.5 Å². The van der Waals surface area contributed by atoms with Gasteiger partial charge < -0.3 is 4.42 Å². The van der Waals surface area contributed by atoms with Gasteiger partial charge in [0.2, 0.25) is 0 Å². The van der Waals surface area contributed by atoms with Crippen molar-refractivity contribution in [3.8, 4) is 45.3 Å². The average molecular weight is 626 g/mol. The first-order valence-electron chi connectivity index (χ1n) is 16.4. The maximum atomic E-state index is 6.10. The largest absolute Gasteiger partial charge is 0.456 e. The molecule has 0 saturated carbocycles. The molecule has 10 aromatic rings. The van der Waals surface area contributed by atoms with Crippen LogP contribution >= 0.6 is 0 Å². The van der Waals surface area contributed by atoms with Crippen LogP contribution in [0.4, 0.5) is 0 Å². The highest BCUT2D eigenvalue weighted by atomic mass is 16.3. The van der Waals surface area contributed by atoms with Gasteiger partial charge in [-0.3, -0.25) is 0 Å². The highest BCUT2D eigenvalue weighted by Crippen LogP contribution is 2.40. The number of hydrogen-bond donors (Lipinski definition) is 0. The zero-order valence-corrected chi connectivity index (χ0v) is 26.3. The monoisotopic (exact) mass is 625 g/mol. The van der Waals surface area contributed by atoms with E-state index < -0.39 is 0 Å². The van der Waals surface area contributed by atoms with Crippen molar-refractivity contribution in [1.82, 2.24) is 15.0 Å². The Balaban J connectivity index is 1.14. The second-order valence-electron chi connectivity index (χ2n) is 12.4. The molecular formula is C45H27N3O. The standard InChI is InChI=1S/C45H27N3O/c1-2-11-30(12-3-1)43-46-44(48-45(47-43)33-23-25-41-39(27-33)36-16-8-9-17-40(36)49-41)31-20-18-29(19-21-31)42-35-15-7-5-13-32(35)26-38-34-14-6-4-10-28(34)22-24-37(38)42/h1-27H. The molecule has 2 aromatic heterocycles. The second-order valence-corrected chi connectivity index (χ2v) is 12.4. The third-order valence-corrected chi connectivity index (χ3v) is 9.50. The number of furan rings is 1. The molecule has 2 heterocycles. The molecule has 4 heteroatoms. The first-order chi connectivity index (χ1) is 24.3. The molecule has 0 bridgehead atoms. The van der Waals surface area contributed by atoms with E-state index in [9.17, 15) is 0 Å². The number of aromatic nitrogens is 3. The molecule has 0 radical (unpaired) electrons. The van der Waals surface area contributed by atoms with Crippen LogP contribution in [-0.2, 0) is 0 Å². The first kappa shape index (κ1) is 27.5. The van der Waals surface area contributed by atoms with Crippen LogP contribution in [0.25, 0.3) is 99.5 Å². The average Bonchev–Trinajstić information content (AvgIpc) is 3.55. The minimum absolute atomic E-state index is 0.618.